The Morgan fingerprint density at radius 3 is 2.52 bits per heavy atom. The molecule has 2 heteroatoms. The molecule has 0 atom stereocenters. The van der Waals surface area contributed by atoms with Crippen LogP contribution in [-0.4, -0.2) is 12.6 Å². The predicted molar refractivity (Wildman–Crippen MR) is 86.8 cm³/mol. The average Bonchev–Trinajstić information content (AvgIpc) is 2.54. The number of esters is 1. The van der Waals surface area contributed by atoms with Crippen LogP contribution in [0, 0.1) is 0 Å². The van der Waals surface area contributed by atoms with Crippen molar-refractivity contribution in [3.63, 3.8) is 0 Å². The molecule has 0 bridgehead atoms. The van der Waals surface area contributed by atoms with Gasteiger partial charge < -0.3 is 4.74 Å². The summed E-state index contributed by atoms with van der Waals surface area (Å²) in [6.45, 7) is 2.56. The normalized spacial score (nSPS) is 10.7. The van der Waals surface area contributed by atoms with Crippen molar-refractivity contribution in [3.8, 4) is 11.1 Å². The van der Waals surface area contributed by atoms with Crippen LogP contribution in [0.5, 0.6) is 0 Å². The van der Waals surface area contributed by atoms with Gasteiger partial charge >= 0.3 is 5.97 Å². The van der Waals surface area contributed by atoms with Gasteiger partial charge in [-0.15, -0.1) is 0 Å². The van der Waals surface area contributed by atoms with E-state index in [0.29, 0.717) is 6.61 Å². The number of unbranched alkanes of at least 4 members (excludes halogenated alkanes) is 1. The van der Waals surface area contributed by atoms with Crippen molar-refractivity contribution in [1.82, 2.24) is 0 Å². The van der Waals surface area contributed by atoms with E-state index in [2.05, 4.69) is 25.1 Å². The number of hydrogen-bond donors (Lipinski definition) is 0. The molecule has 0 fully saturated rings. The highest BCUT2D eigenvalue weighted by Gasteiger charge is 2.02. The van der Waals surface area contributed by atoms with Crippen molar-refractivity contribution in [2.24, 2.45) is 0 Å². The van der Waals surface area contributed by atoms with E-state index in [1.807, 2.05) is 42.5 Å². The maximum absolute atomic E-state index is 11.6. The molecule has 21 heavy (non-hydrogen) atoms. The summed E-state index contributed by atoms with van der Waals surface area (Å²) in [6.07, 6.45) is 5.24. The van der Waals surface area contributed by atoms with Crippen molar-refractivity contribution < 1.29 is 9.53 Å². The molecule has 0 heterocycles. The van der Waals surface area contributed by atoms with Gasteiger partial charge in [-0.3, -0.25) is 0 Å². The van der Waals surface area contributed by atoms with Crippen LogP contribution in [0.25, 0.3) is 17.2 Å². The number of rotatable bonds is 6. The summed E-state index contributed by atoms with van der Waals surface area (Å²) in [4.78, 5) is 11.6. The molecule has 0 aliphatic carbocycles. The maximum atomic E-state index is 11.6. The molecule has 0 aromatic heterocycles. The highest BCUT2D eigenvalue weighted by molar-refractivity contribution is 5.89. The van der Waals surface area contributed by atoms with Gasteiger partial charge in [0.1, 0.15) is 0 Å². The van der Waals surface area contributed by atoms with Crippen LogP contribution in [0.4, 0.5) is 0 Å². The maximum Gasteiger partial charge on any atom is 0.330 e. The van der Waals surface area contributed by atoms with Crippen LogP contribution in [0.2, 0.25) is 0 Å². The van der Waals surface area contributed by atoms with E-state index in [1.54, 1.807) is 0 Å². The van der Waals surface area contributed by atoms with Gasteiger partial charge in [0.2, 0.25) is 0 Å². The number of benzene rings is 2. The third-order valence-corrected chi connectivity index (χ3v) is 3.19. The van der Waals surface area contributed by atoms with Crippen LogP contribution in [0.3, 0.4) is 0 Å². The molecule has 0 aliphatic heterocycles. The van der Waals surface area contributed by atoms with Gasteiger partial charge in [0.25, 0.3) is 0 Å². The Morgan fingerprint density at radius 1 is 1.05 bits per heavy atom. The van der Waals surface area contributed by atoms with E-state index in [-0.39, 0.29) is 5.97 Å². The second-order valence-electron chi connectivity index (χ2n) is 4.81. The van der Waals surface area contributed by atoms with Gasteiger partial charge in [0.05, 0.1) is 6.61 Å². The van der Waals surface area contributed by atoms with E-state index < -0.39 is 0 Å². The van der Waals surface area contributed by atoms with E-state index in [1.165, 1.54) is 6.08 Å². The number of carbonyl (C=O) groups excluding carboxylic acids is 1. The molecule has 0 saturated carbocycles. The highest BCUT2D eigenvalue weighted by Crippen LogP contribution is 2.24. The van der Waals surface area contributed by atoms with Crippen LogP contribution in [-0.2, 0) is 9.53 Å². The first-order valence-corrected chi connectivity index (χ1v) is 7.30. The molecule has 0 amide bonds. The van der Waals surface area contributed by atoms with Gasteiger partial charge in [-0.05, 0) is 29.2 Å². The lowest BCUT2D eigenvalue weighted by atomic mass is 9.99. The van der Waals surface area contributed by atoms with Crippen LogP contribution < -0.4 is 0 Å². The van der Waals surface area contributed by atoms with Crippen molar-refractivity contribution in [2.75, 3.05) is 6.61 Å². The third-order valence-electron chi connectivity index (χ3n) is 3.19. The molecular weight excluding hydrogens is 260 g/mol. The fourth-order valence-electron chi connectivity index (χ4n) is 2.05. The van der Waals surface area contributed by atoms with Crippen LogP contribution >= 0.6 is 0 Å². The Hall–Kier alpha value is -2.35. The van der Waals surface area contributed by atoms with E-state index in [0.717, 1.165) is 29.5 Å². The quantitative estimate of drug-likeness (QED) is 0.435. The van der Waals surface area contributed by atoms with Gasteiger partial charge in [-0.2, -0.15) is 0 Å². The lowest BCUT2D eigenvalue weighted by Crippen LogP contribution is -2.01. The molecule has 0 spiro atoms. The van der Waals surface area contributed by atoms with Crippen molar-refractivity contribution in [1.29, 1.82) is 0 Å². The summed E-state index contributed by atoms with van der Waals surface area (Å²) in [5.41, 5.74) is 3.25. The summed E-state index contributed by atoms with van der Waals surface area (Å²) in [6, 6.07) is 18.2. The van der Waals surface area contributed by atoms with Gasteiger partial charge in [-0.1, -0.05) is 67.9 Å². The Balaban J connectivity index is 2.12. The summed E-state index contributed by atoms with van der Waals surface area (Å²) in [7, 11) is 0. The molecular formula is C19H20O2. The van der Waals surface area contributed by atoms with Gasteiger partial charge in [0, 0.05) is 6.08 Å². The van der Waals surface area contributed by atoms with Gasteiger partial charge in [0.15, 0.2) is 0 Å². The molecule has 2 aromatic carbocycles. The van der Waals surface area contributed by atoms with Gasteiger partial charge in [-0.25, -0.2) is 4.79 Å². The minimum absolute atomic E-state index is 0.286. The van der Waals surface area contributed by atoms with Crippen LogP contribution in [0.1, 0.15) is 25.3 Å². The van der Waals surface area contributed by atoms with Crippen molar-refractivity contribution in [2.45, 2.75) is 19.8 Å². The SMILES string of the molecule is CCCCOC(=O)/C=C/c1ccccc1-c1ccccc1. The molecule has 2 rings (SSSR count). The second-order valence-corrected chi connectivity index (χ2v) is 4.81. The van der Waals surface area contributed by atoms with E-state index >= 15 is 0 Å². The zero-order chi connectivity index (χ0) is 14.9. The number of carbonyl (C=O) groups is 1. The zero-order valence-corrected chi connectivity index (χ0v) is 12.3. The Bertz CT molecular complexity index is 600. The average molecular weight is 280 g/mol. The fraction of sp³-hybridized carbons (Fsp3) is 0.211. The number of hydrogen-bond acceptors (Lipinski definition) is 2. The molecule has 108 valence electrons. The molecule has 2 aromatic rings. The summed E-state index contributed by atoms with van der Waals surface area (Å²) < 4.78 is 5.12. The molecule has 0 aliphatic rings. The molecule has 0 N–H and O–H groups in total. The molecule has 0 radical (unpaired) electrons. The Kier molecular flexibility index (Phi) is 5.77. The smallest absolute Gasteiger partial charge is 0.330 e. The summed E-state index contributed by atoms with van der Waals surface area (Å²) >= 11 is 0. The monoisotopic (exact) mass is 280 g/mol. The van der Waals surface area contributed by atoms with E-state index in [4.69, 9.17) is 4.74 Å². The predicted octanol–water partition coefficient (Wildman–Crippen LogP) is 4.71. The van der Waals surface area contributed by atoms with Crippen molar-refractivity contribution >= 4 is 12.0 Å². The summed E-state index contributed by atoms with van der Waals surface area (Å²) in [5, 5.41) is 0. The van der Waals surface area contributed by atoms with Crippen LogP contribution in [0.15, 0.2) is 60.7 Å². The highest BCUT2D eigenvalue weighted by atomic mass is 16.5. The second kappa shape index (κ2) is 8.05. The largest absolute Gasteiger partial charge is 0.463 e. The molecule has 2 nitrogen and oxygen atoms in total. The topological polar surface area (TPSA) is 26.3 Å². The standard InChI is InChI=1S/C19H20O2/c1-2-3-15-21-19(20)14-13-17-11-7-8-12-18(17)16-9-5-4-6-10-16/h4-14H,2-3,15H2,1H3/b14-13+. The fourth-order valence-corrected chi connectivity index (χ4v) is 2.05. The minimum Gasteiger partial charge on any atom is -0.463 e. The number of ether oxygens (including phenoxy) is 1. The first-order chi connectivity index (χ1) is 10.3. The third kappa shape index (κ3) is 4.60. The Morgan fingerprint density at radius 2 is 1.76 bits per heavy atom. The molecule has 0 unspecified atom stereocenters. The zero-order valence-electron chi connectivity index (χ0n) is 12.3. The summed E-state index contributed by atoms with van der Waals surface area (Å²) in [5.74, 6) is -0.286. The van der Waals surface area contributed by atoms with E-state index in [9.17, 15) is 4.79 Å². The first-order valence-electron chi connectivity index (χ1n) is 7.30. The Labute approximate surface area is 126 Å². The van der Waals surface area contributed by atoms with Crippen molar-refractivity contribution in [3.05, 3.63) is 66.2 Å². The lowest BCUT2D eigenvalue weighted by molar-refractivity contribution is -0.137. The lowest BCUT2D eigenvalue weighted by Gasteiger charge is -2.06. The molecule has 0 saturated heterocycles. The first kappa shape index (κ1) is 15.0. The minimum atomic E-state index is -0.286.